The zero-order chi connectivity index (χ0) is 22.9. The molecule has 2 bridgehead atoms. The molecule has 1 aromatic carbocycles. The summed E-state index contributed by atoms with van der Waals surface area (Å²) in [5, 5.41) is 9.73. The molecule has 170 valence electrons. The van der Waals surface area contributed by atoms with Crippen LogP contribution < -0.4 is 20.9 Å². The van der Waals surface area contributed by atoms with Gasteiger partial charge in [0.2, 0.25) is 0 Å². The van der Waals surface area contributed by atoms with Crippen LogP contribution in [0.4, 0.5) is 15.5 Å². The minimum atomic E-state index is -0.493. The number of amides is 3. The molecule has 2 aromatic heterocycles. The van der Waals surface area contributed by atoms with Crippen molar-refractivity contribution < 1.29 is 14.3 Å². The standard InChI is InChI=1S/C22H22N6O4S/c1-32-17-7-3-2-5-15(17)23-20(30)19-21(33-26-25-19)24-22(31)27-10-13-9-14(12-27)16-6-4-8-18(29)28(16)11-13/h2-8,13-14H,9-12H2,1H3,(H,23,30)(H,24,31)/t13-,14-/m1/s1. The predicted octanol–water partition coefficient (Wildman–Crippen LogP) is 2.61. The van der Waals surface area contributed by atoms with E-state index in [1.54, 1.807) is 41.3 Å². The van der Waals surface area contributed by atoms with Crippen LogP contribution in [0.1, 0.15) is 28.5 Å². The van der Waals surface area contributed by atoms with Crippen molar-refractivity contribution in [2.75, 3.05) is 30.8 Å². The summed E-state index contributed by atoms with van der Waals surface area (Å²) in [5.41, 5.74) is 1.50. The number of pyridine rings is 1. The lowest BCUT2D eigenvalue weighted by molar-refractivity contribution is 0.102. The number of nitrogens with zero attached hydrogens (tertiary/aromatic N) is 4. The number of carbonyl (C=O) groups is 2. The highest BCUT2D eigenvalue weighted by Crippen LogP contribution is 2.35. The summed E-state index contributed by atoms with van der Waals surface area (Å²) in [6.45, 7) is 1.64. The molecule has 2 atom stereocenters. The number of para-hydroxylation sites is 2. The zero-order valence-electron chi connectivity index (χ0n) is 17.9. The summed E-state index contributed by atoms with van der Waals surface area (Å²) in [7, 11) is 1.52. The van der Waals surface area contributed by atoms with Crippen LogP contribution in [0.2, 0.25) is 0 Å². The van der Waals surface area contributed by atoms with E-state index in [0.29, 0.717) is 31.1 Å². The molecular formula is C22H22N6O4S. The van der Waals surface area contributed by atoms with Crippen molar-refractivity contribution in [1.29, 1.82) is 0 Å². The lowest BCUT2D eigenvalue weighted by Crippen LogP contribution is -2.50. The summed E-state index contributed by atoms with van der Waals surface area (Å²) in [6.07, 6.45) is 0.946. The van der Waals surface area contributed by atoms with Crippen molar-refractivity contribution in [2.45, 2.75) is 18.9 Å². The first-order valence-corrected chi connectivity index (χ1v) is 11.3. The number of ether oxygens (including phenoxy) is 1. The van der Waals surface area contributed by atoms with E-state index < -0.39 is 5.91 Å². The Morgan fingerprint density at radius 3 is 2.79 bits per heavy atom. The van der Waals surface area contributed by atoms with Crippen molar-refractivity contribution in [1.82, 2.24) is 19.1 Å². The highest BCUT2D eigenvalue weighted by molar-refractivity contribution is 7.10. The number of fused-ring (bicyclic) bond motifs is 4. The van der Waals surface area contributed by atoms with E-state index >= 15 is 0 Å². The van der Waals surface area contributed by atoms with Gasteiger partial charge in [-0.25, -0.2) is 4.79 Å². The van der Waals surface area contributed by atoms with E-state index in [0.717, 1.165) is 23.6 Å². The number of anilines is 2. The van der Waals surface area contributed by atoms with Crippen molar-refractivity contribution in [3.05, 3.63) is 64.2 Å². The third kappa shape index (κ3) is 4.07. The van der Waals surface area contributed by atoms with Gasteiger partial charge in [0.1, 0.15) is 5.75 Å². The van der Waals surface area contributed by atoms with Gasteiger partial charge in [-0.1, -0.05) is 22.7 Å². The molecule has 1 saturated heterocycles. The average Bonchev–Trinajstić information content (AvgIpc) is 3.28. The number of nitrogens with one attached hydrogen (secondary N) is 2. The molecule has 2 aliphatic rings. The quantitative estimate of drug-likeness (QED) is 0.610. The Hall–Kier alpha value is -3.73. The van der Waals surface area contributed by atoms with Crippen molar-refractivity contribution >= 4 is 34.2 Å². The van der Waals surface area contributed by atoms with Crippen molar-refractivity contribution in [3.8, 4) is 5.75 Å². The molecule has 2 N–H and O–H groups in total. The van der Waals surface area contributed by atoms with Crippen LogP contribution in [-0.4, -0.2) is 51.2 Å². The van der Waals surface area contributed by atoms with Crippen LogP contribution in [0.25, 0.3) is 0 Å². The summed E-state index contributed by atoms with van der Waals surface area (Å²) in [6, 6.07) is 12.0. The van der Waals surface area contributed by atoms with E-state index in [1.165, 1.54) is 7.11 Å². The first-order chi connectivity index (χ1) is 16.0. The molecule has 0 radical (unpaired) electrons. The van der Waals surface area contributed by atoms with Gasteiger partial charge in [-0.15, -0.1) is 5.10 Å². The molecule has 3 amide bonds. The molecule has 0 spiro atoms. The van der Waals surface area contributed by atoms with Gasteiger partial charge in [-0.2, -0.15) is 0 Å². The van der Waals surface area contributed by atoms with Gasteiger partial charge < -0.3 is 19.5 Å². The number of hydrogen-bond acceptors (Lipinski definition) is 7. The summed E-state index contributed by atoms with van der Waals surface area (Å²) in [4.78, 5) is 39.8. The second-order valence-electron chi connectivity index (χ2n) is 8.14. The number of carbonyl (C=O) groups excluding carboxylic acids is 2. The topological polar surface area (TPSA) is 118 Å². The second kappa shape index (κ2) is 8.66. The van der Waals surface area contributed by atoms with E-state index in [1.807, 2.05) is 10.6 Å². The number of benzene rings is 1. The van der Waals surface area contributed by atoms with Crippen LogP contribution >= 0.6 is 11.5 Å². The second-order valence-corrected chi connectivity index (χ2v) is 8.89. The van der Waals surface area contributed by atoms with E-state index in [-0.39, 0.29) is 34.1 Å². The molecule has 0 aliphatic carbocycles. The lowest BCUT2D eigenvalue weighted by atomic mass is 9.83. The third-order valence-corrected chi connectivity index (χ3v) is 6.69. The Morgan fingerprint density at radius 1 is 1.09 bits per heavy atom. The van der Waals surface area contributed by atoms with Gasteiger partial charge in [-0.05, 0) is 30.5 Å². The fraction of sp³-hybridized carbons (Fsp3) is 0.318. The predicted molar refractivity (Wildman–Crippen MR) is 123 cm³/mol. The molecule has 0 unspecified atom stereocenters. The van der Waals surface area contributed by atoms with Crippen LogP contribution in [0.5, 0.6) is 5.75 Å². The summed E-state index contributed by atoms with van der Waals surface area (Å²) in [5.74, 6) is 0.325. The lowest BCUT2D eigenvalue weighted by Gasteiger charge is -2.42. The monoisotopic (exact) mass is 466 g/mol. The number of urea groups is 1. The first kappa shape index (κ1) is 21.1. The molecule has 0 saturated carbocycles. The number of likely N-dealkylation sites (tertiary alicyclic amines) is 1. The fourth-order valence-corrected chi connectivity index (χ4v) is 5.15. The maximum absolute atomic E-state index is 13.1. The van der Waals surface area contributed by atoms with E-state index in [4.69, 9.17) is 4.74 Å². The Bertz CT molecular complexity index is 1270. The zero-order valence-corrected chi connectivity index (χ0v) is 18.7. The van der Waals surface area contributed by atoms with Gasteiger partial charge in [0, 0.05) is 48.8 Å². The van der Waals surface area contributed by atoms with E-state index in [9.17, 15) is 14.4 Å². The Kier molecular flexibility index (Phi) is 5.55. The summed E-state index contributed by atoms with van der Waals surface area (Å²) >= 11 is 0.945. The minimum Gasteiger partial charge on any atom is -0.495 e. The van der Waals surface area contributed by atoms with Gasteiger partial charge in [0.05, 0.1) is 12.8 Å². The molecule has 4 heterocycles. The molecule has 33 heavy (non-hydrogen) atoms. The van der Waals surface area contributed by atoms with Gasteiger partial charge >= 0.3 is 6.03 Å². The maximum Gasteiger partial charge on any atom is 0.322 e. The molecule has 1 fully saturated rings. The molecule has 5 rings (SSSR count). The van der Waals surface area contributed by atoms with Crippen molar-refractivity contribution in [3.63, 3.8) is 0 Å². The molecule has 3 aromatic rings. The highest BCUT2D eigenvalue weighted by atomic mass is 32.1. The highest BCUT2D eigenvalue weighted by Gasteiger charge is 2.36. The van der Waals surface area contributed by atoms with Crippen molar-refractivity contribution in [2.24, 2.45) is 5.92 Å². The Balaban J connectivity index is 1.29. The maximum atomic E-state index is 13.1. The number of methoxy groups -OCH3 is 1. The molecule has 10 nitrogen and oxygen atoms in total. The molecule has 2 aliphatic heterocycles. The van der Waals surface area contributed by atoms with Crippen LogP contribution in [0.3, 0.4) is 0 Å². The summed E-state index contributed by atoms with van der Waals surface area (Å²) < 4.78 is 10.9. The molecular weight excluding hydrogens is 444 g/mol. The third-order valence-electron chi connectivity index (χ3n) is 6.05. The van der Waals surface area contributed by atoms with Gasteiger partial charge in [0.25, 0.3) is 11.5 Å². The molecule has 11 heteroatoms. The minimum absolute atomic E-state index is 0.00142. The van der Waals surface area contributed by atoms with Crippen LogP contribution in [-0.2, 0) is 6.54 Å². The Morgan fingerprint density at radius 2 is 1.94 bits per heavy atom. The number of hydrogen-bond donors (Lipinski definition) is 2. The van der Waals surface area contributed by atoms with E-state index in [2.05, 4.69) is 20.2 Å². The first-order valence-electron chi connectivity index (χ1n) is 10.6. The average molecular weight is 467 g/mol. The normalized spacial score (nSPS) is 18.9. The number of piperidine rings is 1. The Labute approximate surface area is 193 Å². The van der Waals surface area contributed by atoms with Gasteiger partial charge in [-0.3, -0.25) is 14.9 Å². The van der Waals surface area contributed by atoms with Gasteiger partial charge in [0.15, 0.2) is 10.7 Å². The van der Waals surface area contributed by atoms with Crippen LogP contribution in [0, 0.1) is 5.92 Å². The smallest absolute Gasteiger partial charge is 0.322 e. The number of rotatable bonds is 4. The SMILES string of the molecule is COc1ccccc1NC(=O)c1nnsc1NC(=O)N1C[C@H]2C[C@H](C1)c1cccc(=O)n1C2. The van der Waals surface area contributed by atoms with Crippen LogP contribution in [0.15, 0.2) is 47.3 Å². The fourth-order valence-electron chi connectivity index (χ4n) is 4.59. The largest absolute Gasteiger partial charge is 0.495 e. The number of aromatic nitrogens is 3.